The van der Waals surface area contributed by atoms with Crippen LogP contribution in [0.15, 0.2) is 6.20 Å². The van der Waals surface area contributed by atoms with Crippen molar-refractivity contribution in [1.29, 1.82) is 5.26 Å². The number of nitriles is 1. The number of aromatic nitrogens is 1. The van der Waals surface area contributed by atoms with Crippen molar-refractivity contribution in [1.82, 2.24) is 15.0 Å². The number of hydrogen-bond donors (Lipinski definition) is 0. The van der Waals surface area contributed by atoms with Gasteiger partial charge in [0.1, 0.15) is 11.9 Å². The lowest BCUT2D eigenvalue weighted by Crippen LogP contribution is -2.56. The second kappa shape index (κ2) is 9.85. The van der Waals surface area contributed by atoms with Crippen molar-refractivity contribution in [2.75, 3.05) is 37.7 Å². The fraction of sp³-hybridized carbons (Fsp3) is 0.760. The minimum absolute atomic E-state index is 0.703. The summed E-state index contributed by atoms with van der Waals surface area (Å²) in [6.45, 7) is 5.02. The molecule has 4 aliphatic rings. The minimum atomic E-state index is 0.703. The number of anilines is 1. The van der Waals surface area contributed by atoms with Gasteiger partial charge in [-0.2, -0.15) is 5.26 Å². The molecule has 6 nitrogen and oxygen atoms in total. The number of pyridine rings is 1. The summed E-state index contributed by atoms with van der Waals surface area (Å²) in [5, 5.41) is 15.5. The van der Waals surface area contributed by atoms with Crippen LogP contribution < -0.4 is 4.90 Å². The quantitative estimate of drug-likeness (QED) is 0.729. The van der Waals surface area contributed by atoms with E-state index in [9.17, 15) is 5.26 Å². The molecule has 0 spiro atoms. The number of morpholine rings is 1. The summed E-state index contributed by atoms with van der Waals surface area (Å²) in [6.07, 6.45) is 16.7. The van der Waals surface area contributed by atoms with E-state index < -0.39 is 0 Å². The third kappa shape index (κ3) is 4.46. The number of ether oxygens (including phenoxy) is 1. The highest BCUT2D eigenvalue weighted by Crippen LogP contribution is 2.35. The van der Waals surface area contributed by atoms with Crippen LogP contribution in [0.2, 0.25) is 0 Å². The normalized spacial score (nSPS) is 24.2. The first-order chi connectivity index (χ1) is 15.3. The molecule has 0 atom stereocenters. The van der Waals surface area contributed by atoms with Crippen molar-refractivity contribution < 1.29 is 4.74 Å². The third-order valence-electron chi connectivity index (χ3n) is 7.88. The van der Waals surface area contributed by atoms with E-state index >= 15 is 0 Å². The van der Waals surface area contributed by atoms with Crippen molar-refractivity contribution in [2.45, 2.75) is 89.3 Å². The molecule has 0 aromatic carbocycles. The van der Waals surface area contributed by atoms with E-state index in [1.807, 2.05) is 0 Å². The predicted molar refractivity (Wildman–Crippen MR) is 122 cm³/mol. The molecule has 0 N–H and O–H groups in total. The van der Waals surface area contributed by atoms with Crippen LogP contribution in [0.5, 0.6) is 0 Å². The number of hydrazine groups is 1. The zero-order chi connectivity index (χ0) is 21.0. The Labute approximate surface area is 187 Å². The summed E-state index contributed by atoms with van der Waals surface area (Å²) < 4.78 is 5.50. The molecular formula is C25H37N5O. The molecule has 6 heteroatoms. The van der Waals surface area contributed by atoms with Gasteiger partial charge in [-0.05, 0) is 43.2 Å². The Morgan fingerprint density at radius 3 is 2.19 bits per heavy atom. The van der Waals surface area contributed by atoms with E-state index in [2.05, 4.69) is 27.2 Å². The summed E-state index contributed by atoms with van der Waals surface area (Å²) in [4.78, 5) is 7.04. The fourth-order valence-corrected chi connectivity index (χ4v) is 6.30. The Hall–Kier alpha value is -1.68. The first-order valence-electron chi connectivity index (χ1n) is 12.6. The zero-order valence-corrected chi connectivity index (χ0v) is 18.9. The standard InChI is InChI=1S/C25H37N5O/c26-17-24-23-11-12-29(19-20(23)18-27-25(24)28-13-15-31-16-14-28)30(21-7-3-1-4-8-21)22-9-5-2-6-10-22/h18,21-22H,1-16,19H2. The van der Waals surface area contributed by atoms with Gasteiger partial charge in [0.25, 0.3) is 0 Å². The maximum absolute atomic E-state index is 10.0. The lowest BCUT2D eigenvalue weighted by atomic mass is 9.89. The average Bonchev–Trinajstić information content (AvgIpc) is 2.85. The van der Waals surface area contributed by atoms with Gasteiger partial charge < -0.3 is 9.64 Å². The van der Waals surface area contributed by atoms with Crippen LogP contribution in [-0.2, 0) is 17.7 Å². The van der Waals surface area contributed by atoms with Gasteiger partial charge in [-0.3, -0.25) is 0 Å². The van der Waals surface area contributed by atoms with Crippen LogP contribution in [0.3, 0.4) is 0 Å². The highest BCUT2D eigenvalue weighted by atomic mass is 16.5. The van der Waals surface area contributed by atoms with Crippen LogP contribution >= 0.6 is 0 Å². The fourth-order valence-electron chi connectivity index (χ4n) is 6.30. The molecule has 31 heavy (non-hydrogen) atoms. The summed E-state index contributed by atoms with van der Waals surface area (Å²) in [7, 11) is 0. The van der Waals surface area contributed by atoms with Crippen LogP contribution in [0.1, 0.15) is 80.9 Å². The number of fused-ring (bicyclic) bond motifs is 1. The van der Waals surface area contributed by atoms with Crippen molar-refractivity contribution in [2.24, 2.45) is 0 Å². The molecule has 0 amide bonds. The van der Waals surface area contributed by atoms with Gasteiger partial charge in [0.05, 0.1) is 18.8 Å². The van der Waals surface area contributed by atoms with Gasteiger partial charge in [-0.1, -0.05) is 38.5 Å². The highest BCUT2D eigenvalue weighted by molar-refractivity contribution is 5.60. The monoisotopic (exact) mass is 423 g/mol. The summed E-state index contributed by atoms with van der Waals surface area (Å²) in [5.74, 6) is 0.870. The maximum Gasteiger partial charge on any atom is 0.146 e. The van der Waals surface area contributed by atoms with Crippen molar-refractivity contribution >= 4 is 5.82 Å². The topological polar surface area (TPSA) is 55.6 Å². The van der Waals surface area contributed by atoms with E-state index in [1.165, 1.54) is 75.3 Å². The van der Waals surface area contributed by atoms with Gasteiger partial charge in [0.15, 0.2) is 0 Å². The van der Waals surface area contributed by atoms with Gasteiger partial charge in [0, 0.05) is 44.5 Å². The lowest BCUT2D eigenvalue weighted by Gasteiger charge is -2.49. The van der Waals surface area contributed by atoms with E-state index in [4.69, 9.17) is 9.72 Å². The Morgan fingerprint density at radius 2 is 1.58 bits per heavy atom. The van der Waals surface area contributed by atoms with Gasteiger partial charge in [-0.15, -0.1) is 0 Å². The molecule has 3 fully saturated rings. The third-order valence-corrected chi connectivity index (χ3v) is 7.88. The van der Waals surface area contributed by atoms with Gasteiger partial charge in [-0.25, -0.2) is 15.0 Å². The van der Waals surface area contributed by atoms with Crippen molar-refractivity contribution in [3.8, 4) is 6.07 Å². The first-order valence-corrected chi connectivity index (χ1v) is 12.6. The molecule has 0 radical (unpaired) electrons. The SMILES string of the molecule is N#Cc1c(N2CCOCC2)ncc2c1CCN(N(C1CCCCC1)C1CCCCC1)C2. The molecule has 1 saturated heterocycles. The van der Waals surface area contributed by atoms with Gasteiger partial charge in [0.2, 0.25) is 0 Å². The van der Waals surface area contributed by atoms with E-state index in [0.717, 1.165) is 57.2 Å². The summed E-state index contributed by atoms with van der Waals surface area (Å²) >= 11 is 0. The minimum Gasteiger partial charge on any atom is -0.378 e. The molecule has 1 aromatic heterocycles. The van der Waals surface area contributed by atoms with Crippen LogP contribution in [0.4, 0.5) is 5.82 Å². The molecule has 1 aromatic rings. The molecule has 5 rings (SSSR count). The van der Waals surface area contributed by atoms with Crippen LogP contribution in [0, 0.1) is 11.3 Å². The zero-order valence-electron chi connectivity index (χ0n) is 18.9. The number of hydrogen-bond acceptors (Lipinski definition) is 6. The van der Waals surface area contributed by atoms with Gasteiger partial charge >= 0.3 is 0 Å². The molecule has 2 aliphatic carbocycles. The van der Waals surface area contributed by atoms with E-state index in [-0.39, 0.29) is 0 Å². The van der Waals surface area contributed by atoms with Crippen LogP contribution in [0.25, 0.3) is 0 Å². The Balaban J connectivity index is 1.39. The Kier molecular flexibility index (Phi) is 6.73. The summed E-state index contributed by atoms with van der Waals surface area (Å²) in [5.41, 5.74) is 3.31. The molecule has 0 bridgehead atoms. The summed E-state index contributed by atoms with van der Waals surface area (Å²) in [6, 6.07) is 3.92. The maximum atomic E-state index is 10.0. The molecule has 168 valence electrons. The molecular weight excluding hydrogens is 386 g/mol. The Morgan fingerprint density at radius 1 is 0.935 bits per heavy atom. The smallest absolute Gasteiger partial charge is 0.146 e. The molecule has 2 aliphatic heterocycles. The van der Waals surface area contributed by atoms with E-state index in [1.54, 1.807) is 0 Å². The Bertz CT molecular complexity index is 770. The number of rotatable bonds is 4. The average molecular weight is 424 g/mol. The second-order valence-electron chi connectivity index (χ2n) is 9.77. The molecule has 0 unspecified atom stereocenters. The van der Waals surface area contributed by atoms with Crippen molar-refractivity contribution in [3.05, 3.63) is 22.9 Å². The number of nitrogens with zero attached hydrogens (tertiary/aromatic N) is 5. The molecule has 3 heterocycles. The lowest BCUT2D eigenvalue weighted by molar-refractivity contribution is -0.121. The largest absolute Gasteiger partial charge is 0.378 e. The first kappa shape index (κ1) is 21.2. The predicted octanol–water partition coefficient (Wildman–Crippen LogP) is 4.03. The second-order valence-corrected chi connectivity index (χ2v) is 9.77. The van der Waals surface area contributed by atoms with Crippen molar-refractivity contribution in [3.63, 3.8) is 0 Å². The van der Waals surface area contributed by atoms with E-state index in [0.29, 0.717) is 12.1 Å². The van der Waals surface area contributed by atoms with Crippen LogP contribution in [-0.4, -0.2) is 59.9 Å². The molecule has 2 saturated carbocycles. The highest BCUT2D eigenvalue weighted by Gasteiger charge is 2.35.